The first-order valence-electron chi connectivity index (χ1n) is 8.81. The van der Waals surface area contributed by atoms with Gasteiger partial charge >= 0.3 is 29.6 Å². The predicted molar refractivity (Wildman–Crippen MR) is 90.5 cm³/mol. The van der Waals surface area contributed by atoms with Gasteiger partial charge in [0.25, 0.3) is 0 Å². The number of hydrogen-bond acceptors (Lipinski definition) is 4. The Kier molecular flexibility index (Phi) is 21.3. The molecular formula is C17H33NaO4S. The summed E-state index contributed by atoms with van der Waals surface area (Å²) >= 11 is 0. The summed E-state index contributed by atoms with van der Waals surface area (Å²) in [5.74, 6) is 0. The number of unbranched alkanes of at least 4 members (excludes halogenated alkanes) is 11. The van der Waals surface area contributed by atoms with Gasteiger partial charge in [-0.3, -0.25) is 4.18 Å². The predicted octanol–water partition coefficient (Wildman–Crippen LogP) is 2.11. The van der Waals surface area contributed by atoms with Crippen molar-refractivity contribution in [2.75, 3.05) is 6.61 Å². The maximum absolute atomic E-state index is 10.2. The quantitative estimate of drug-likeness (QED) is 0.140. The maximum atomic E-state index is 10.2. The van der Waals surface area contributed by atoms with Crippen LogP contribution < -0.4 is 29.6 Å². The minimum atomic E-state index is -4.50. The molecule has 0 aromatic carbocycles. The second-order valence-corrected chi connectivity index (χ2v) is 6.87. The van der Waals surface area contributed by atoms with Crippen LogP contribution in [0.25, 0.3) is 0 Å². The molecule has 0 aromatic heterocycles. The Morgan fingerprint density at radius 1 is 0.783 bits per heavy atom. The van der Waals surface area contributed by atoms with E-state index in [0.29, 0.717) is 6.42 Å². The van der Waals surface area contributed by atoms with Crippen molar-refractivity contribution in [2.24, 2.45) is 0 Å². The Balaban J connectivity index is 0. The molecular weight excluding hydrogens is 323 g/mol. The molecule has 0 amide bonds. The van der Waals surface area contributed by atoms with Gasteiger partial charge in [0.1, 0.15) is 0 Å². The second kappa shape index (κ2) is 18.9. The number of hydrogen-bond donors (Lipinski definition) is 0. The van der Waals surface area contributed by atoms with Crippen molar-refractivity contribution in [3.63, 3.8) is 0 Å². The smallest absolute Gasteiger partial charge is 0.726 e. The molecule has 0 aromatic rings. The Bertz CT molecular complexity index is 356. The van der Waals surface area contributed by atoms with Gasteiger partial charge in [-0.05, 0) is 32.1 Å². The van der Waals surface area contributed by atoms with E-state index in [4.69, 9.17) is 0 Å². The van der Waals surface area contributed by atoms with Crippen LogP contribution in [0.5, 0.6) is 0 Å². The fourth-order valence-electron chi connectivity index (χ4n) is 2.33. The molecule has 23 heavy (non-hydrogen) atoms. The molecule has 0 aliphatic rings. The van der Waals surface area contributed by atoms with Crippen LogP contribution >= 0.6 is 0 Å². The van der Waals surface area contributed by atoms with Gasteiger partial charge in [-0.1, -0.05) is 70.4 Å². The third-order valence-corrected chi connectivity index (χ3v) is 4.09. The molecule has 0 fully saturated rings. The zero-order valence-corrected chi connectivity index (χ0v) is 17.9. The molecule has 4 nitrogen and oxygen atoms in total. The molecule has 0 radical (unpaired) electrons. The van der Waals surface area contributed by atoms with Crippen molar-refractivity contribution in [2.45, 2.75) is 90.4 Å². The van der Waals surface area contributed by atoms with Crippen molar-refractivity contribution in [1.29, 1.82) is 0 Å². The summed E-state index contributed by atoms with van der Waals surface area (Å²) in [5, 5.41) is 0. The van der Waals surface area contributed by atoms with Crippen molar-refractivity contribution in [3.05, 3.63) is 12.2 Å². The minimum Gasteiger partial charge on any atom is -0.726 e. The Morgan fingerprint density at radius 2 is 1.22 bits per heavy atom. The van der Waals surface area contributed by atoms with Gasteiger partial charge in [-0.2, -0.15) is 0 Å². The van der Waals surface area contributed by atoms with E-state index in [2.05, 4.69) is 23.3 Å². The van der Waals surface area contributed by atoms with Crippen LogP contribution in [0.3, 0.4) is 0 Å². The largest absolute Gasteiger partial charge is 1.00 e. The molecule has 0 N–H and O–H groups in total. The van der Waals surface area contributed by atoms with Crippen LogP contribution in [0, 0.1) is 0 Å². The van der Waals surface area contributed by atoms with E-state index >= 15 is 0 Å². The van der Waals surface area contributed by atoms with Crippen molar-refractivity contribution < 1.29 is 46.7 Å². The molecule has 0 unspecified atom stereocenters. The summed E-state index contributed by atoms with van der Waals surface area (Å²) < 4.78 is 34.7. The average molecular weight is 357 g/mol. The van der Waals surface area contributed by atoms with Gasteiger partial charge in [0.05, 0.1) is 6.61 Å². The van der Waals surface area contributed by atoms with Gasteiger partial charge in [0.2, 0.25) is 10.4 Å². The summed E-state index contributed by atoms with van der Waals surface area (Å²) in [6, 6.07) is 0. The van der Waals surface area contributed by atoms with Crippen LogP contribution in [0.15, 0.2) is 12.2 Å². The van der Waals surface area contributed by atoms with Gasteiger partial charge in [-0.25, -0.2) is 8.42 Å². The van der Waals surface area contributed by atoms with Gasteiger partial charge in [0.15, 0.2) is 0 Å². The molecule has 0 spiro atoms. The summed E-state index contributed by atoms with van der Waals surface area (Å²) in [7, 11) is -4.50. The zero-order valence-electron chi connectivity index (χ0n) is 15.1. The van der Waals surface area contributed by atoms with E-state index in [1.807, 2.05) is 0 Å². The van der Waals surface area contributed by atoms with E-state index in [9.17, 15) is 13.0 Å². The van der Waals surface area contributed by atoms with Crippen LogP contribution in [0.4, 0.5) is 0 Å². The second-order valence-electron chi connectivity index (χ2n) is 5.81. The SMILES string of the molecule is CCCCCCCCC=CCCCCCCCOS(=O)(=O)[O-].[Na+]. The van der Waals surface area contributed by atoms with Crippen LogP contribution in [0.1, 0.15) is 90.4 Å². The molecule has 0 heterocycles. The first-order chi connectivity index (χ1) is 10.6. The molecule has 0 bridgehead atoms. The van der Waals surface area contributed by atoms with Crippen LogP contribution in [-0.2, 0) is 14.6 Å². The maximum Gasteiger partial charge on any atom is 1.00 e. The topological polar surface area (TPSA) is 66.4 Å². The van der Waals surface area contributed by atoms with E-state index in [0.717, 1.165) is 25.7 Å². The van der Waals surface area contributed by atoms with Crippen molar-refractivity contribution >= 4 is 10.4 Å². The van der Waals surface area contributed by atoms with E-state index in [1.54, 1.807) is 0 Å². The molecule has 0 aliphatic heterocycles. The van der Waals surface area contributed by atoms with E-state index in [1.165, 1.54) is 51.4 Å². The van der Waals surface area contributed by atoms with Gasteiger partial charge < -0.3 is 4.55 Å². The monoisotopic (exact) mass is 356 g/mol. The first kappa shape index (κ1) is 25.8. The number of allylic oxidation sites excluding steroid dienone is 2. The molecule has 0 aliphatic carbocycles. The van der Waals surface area contributed by atoms with E-state index in [-0.39, 0.29) is 36.2 Å². The summed E-state index contributed by atoms with van der Waals surface area (Å²) in [6.07, 6.45) is 19.9. The van der Waals surface area contributed by atoms with Gasteiger partial charge in [0, 0.05) is 0 Å². The van der Waals surface area contributed by atoms with E-state index < -0.39 is 10.4 Å². The third kappa shape index (κ3) is 25.0. The molecule has 0 atom stereocenters. The molecule has 0 saturated carbocycles. The summed E-state index contributed by atoms with van der Waals surface area (Å²) in [4.78, 5) is 0. The molecule has 132 valence electrons. The van der Waals surface area contributed by atoms with Crippen molar-refractivity contribution in [1.82, 2.24) is 0 Å². The van der Waals surface area contributed by atoms with Crippen LogP contribution in [-0.4, -0.2) is 19.6 Å². The normalized spacial score (nSPS) is 11.7. The Hall–Kier alpha value is 0.610. The fourth-order valence-corrected chi connectivity index (χ4v) is 2.66. The summed E-state index contributed by atoms with van der Waals surface area (Å²) in [5.41, 5.74) is 0. The zero-order chi connectivity index (χ0) is 16.5. The standard InChI is InChI=1S/C17H34O4S.Na/c1-2-3-4-5-6-7-8-9-10-11-12-13-14-15-16-17-21-22(18,19)20;/h9-10H,2-8,11-17H2,1H3,(H,18,19,20);/q;+1/p-1. The summed E-state index contributed by atoms with van der Waals surface area (Å²) in [6.45, 7) is 2.26. The van der Waals surface area contributed by atoms with Crippen molar-refractivity contribution in [3.8, 4) is 0 Å². The Morgan fingerprint density at radius 3 is 1.70 bits per heavy atom. The third-order valence-electron chi connectivity index (χ3n) is 3.63. The van der Waals surface area contributed by atoms with Gasteiger partial charge in [-0.15, -0.1) is 0 Å². The Labute approximate surface area is 165 Å². The minimum absolute atomic E-state index is 0. The fraction of sp³-hybridized carbons (Fsp3) is 0.882. The van der Waals surface area contributed by atoms with Crippen LogP contribution in [0.2, 0.25) is 0 Å². The number of rotatable bonds is 16. The average Bonchev–Trinajstić information content (AvgIpc) is 2.45. The molecule has 0 saturated heterocycles. The first-order valence-corrected chi connectivity index (χ1v) is 10.1. The molecule has 0 rings (SSSR count). The molecule has 6 heteroatoms.